The number of nitriles is 1. The maximum Gasteiger partial charge on any atom is 0.208 e. The summed E-state index contributed by atoms with van der Waals surface area (Å²) in [6.07, 6.45) is 4.97. The molecular weight excluding hydrogens is 230 g/mol. The van der Waals surface area contributed by atoms with E-state index in [4.69, 9.17) is 5.26 Å². The SMILES string of the molecule is CSC(=NC#N)N1CCC(c2ccccc2)C1. The van der Waals surface area contributed by atoms with E-state index in [1.165, 1.54) is 5.56 Å². The Morgan fingerprint density at radius 1 is 1.47 bits per heavy atom. The number of hydrogen-bond acceptors (Lipinski definition) is 3. The maximum atomic E-state index is 8.63. The Morgan fingerprint density at radius 3 is 2.88 bits per heavy atom. The summed E-state index contributed by atoms with van der Waals surface area (Å²) in [6.45, 7) is 1.95. The number of benzene rings is 1. The Labute approximate surface area is 106 Å². The minimum atomic E-state index is 0.562. The molecule has 0 N–H and O–H groups in total. The predicted molar refractivity (Wildman–Crippen MR) is 71.9 cm³/mol. The van der Waals surface area contributed by atoms with Gasteiger partial charge in [-0.1, -0.05) is 42.1 Å². The van der Waals surface area contributed by atoms with Crippen molar-refractivity contribution in [1.82, 2.24) is 4.90 Å². The van der Waals surface area contributed by atoms with E-state index in [2.05, 4.69) is 34.2 Å². The monoisotopic (exact) mass is 245 g/mol. The van der Waals surface area contributed by atoms with Crippen LogP contribution in [-0.4, -0.2) is 29.4 Å². The van der Waals surface area contributed by atoms with Crippen molar-refractivity contribution in [2.24, 2.45) is 4.99 Å². The molecule has 2 rings (SSSR count). The summed E-state index contributed by atoms with van der Waals surface area (Å²) in [6, 6.07) is 10.6. The van der Waals surface area contributed by atoms with Gasteiger partial charge in [0.1, 0.15) is 0 Å². The molecule has 0 saturated carbocycles. The van der Waals surface area contributed by atoms with Crippen LogP contribution < -0.4 is 0 Å². The van der Waals surface area contributed by atoms with Crippen molar-refractivity contribution in [2.45, 2.75) is 12.3 Å². The van der Waals surface area contributed by atoms with Gasteiger partial charge in [-0.3, -0.25) is 0 Å². The van der Waals surface area contributed by atoms with Gasteiger partial charge in [0.25, 0.3) is 0 Å². The van der Waals surface area contributed by atoms with E-state index in [9.17, 15) is 0 Å². The van der Waals surface area contributed by atoms with Crippen LogP contribution in [0.3, 0.4) is 0 Å². The number of hydrogen-bond donors (Lipinski definition) is 0. The third-order valence-electron chi connectivity index (χ3n) is 3.06. The molecule has 17 heavy (non-hydrogen) atoms. The van der Waals surface area contributed by atoms with Gasteiger partial charge in [-0.25, -0.2) is 0 Å². The van der Waals surface area contributed by atoms with E-state index in [0.717, 1.165) is 24.7 Å². The minimum absolute atomic E-state index is 0.562. The van der Waals surface area contributed by atoms with E-state index in [-0.39, 0.29) is 0 Å². The molecule has 0 aromatic heterocycles. The highest BCUT2D eigenvalue weighted by Crippen LogP contribution is 2.28. The summed E-state index contributed by atoms with van der Waals surface area (Å²) >= 11 is 1.54. The van der Waals surface area contributed by atoms with Crippen LogP contribution in [0.25, 0.3) is 0 Å². The largest absolute Gasteiger partial charge is 0.350 e. The molecule has 1 fully saturated rings. The zero-order valence-corrected chi connectivity index (χ0v) is 10.7. The second-order valence-corrected chi connectivity index (χ2v) is 4.81. The predicted octanol–water partition coefficient (Wildman–Crippen LogP) is 2.68. The Hall–Kier alpha value is -1.47. The Kier molecular flexibility index (Phi) is 4.05. The van der Waals surface area contributed by atoms with Crippen LogP contribution in [0.5, 0.6) is 0 Å². The van der Waals surface area contributed by atoms with Crippen LogP contribution >= 0.6 is 11.8 Å². The highest BCUT2D eigenvalue weighted by atomic mass is 32.2. The topological polar surface area (TPSA) is 39.4 Å². The van der Waals surface area contributed by atoms with Crippen molar-refractivity contribution in [3.05, 3.63) is 35.9 Å². The van der Waals surface area contributed by atoms with E-state index in [0.29, 0.717) is 5.92 Å². The van der Waals surface area contributed by atoms with Crippen molar-refractivity contribution in [3.63, 3.8) is 0 Å². The third kappa shape index (κ3) is 2.80. The summed E-state index contributed by atoms with van der Waals surface area (Å²) in [5.74, 6) is 0.562. The van der Waals surface area contributed by atoms with E-state index >= 15 is 0 Å². The van der Waals surface area contributed by atoms with Crippen LogP contribution in [0.1, 0.15) is 17.9 Å². The third-order valence-corrected chi connectivity index (χ3v) is 3.77. The number of amidine groups is 1. The fourth-order valence-electron chi connectivity index (χ4n) is 2.22. The molecule has 1 aromatic rings. The van der Waals surface area contributed by atoms with Gasteiger partial charge in [-0.2, -0.15) is 5.26 Å². The molecule has 1 aromatic carbocycles. The molecule has 1 saturated heterocycles. The first kappa shape index (κ1) is 12.0. The molecule has 0 radical (unpaired) electrons. The van der Waals surface area contributed by atoms with Crippen molar-refractivity contribution in [3.8, 4) is 6.19 Å². The van der Waals surface area contributed by atoms with Gasteiger partial charge in [0.05, 0.1) is 0 Å². The zero-order chi connectivity index (χ0) is 12.1. The first-order valence-electron chi connectivity index (χ1n) is 5.66. The maximum absolute atomic E-state index is 8.63. The van der Waals surface area contributed by atoms with Crippen LogP contribution in [0.2, 0.25) is 0 Å². The first-order valence-corrected chi connectivity index (χ1v) is 6.88. The lowest BCUT2D eigenvalue weighted by Gasteiger charge is -2.17. The second kappa shape index (κ2) is 5.74. The quantitative estimate of drug-likeness (QED) is 0.434. The van der Waals surface area contributed by atoms with Gasteiger partial charge in [0.2, 0.25) is 6.19 Å². The van der Waals surface area contributed by atoms with Crippen molar-refractivity contribution >= 4 is 16.9 Å². The highest BCUT2D eigenvalue weighted by Gasteiger charge is 2.25. The van der Waals surface area contributed by atoms with Gasteiger partial charge < -0.3 is 4.90 Å². The molecular formula is C13H15N3S. The average molecular weight is 245 g/mol. The van der Waals surface area contributed by atoms with E-state index in [1.807, 2.05) is 18.5 Å². The Morgan fingerprint density at radius 2 is 2.24 bits per heavy atom. The molecule has 0 aliphatic carbocycles. The minimum Gasteiger partial charge on any atom is -0.350 e. The molecule has 0 amide bonds. The summed E-state index contributed by atoms with van der Waals surface area (Å²) in [5.41, 5.74) is 1.38. The number of aliphatic imine (C=N–C) groups is 1. The Balaban J connectivity index is 2.06. The number of likely N-dealkylation sites (tertiary alicyclic amines) is 1. The van der Waals surface area contributed by atoms with Gasteiger partial charge in [0, 0.05) is 19.0 Å². The number of nitrogens with zero attached hydrogens (tertiary/aromatic N) is 3. The molecule has 1 aliphatic heterocycles. The van der Waals surface area contributed by atoms with Crippen LogP contribution in [0.4, 0.5) is 0 Å². The lowest BCUT2D eigenvalue weighted by Crippen LogP contribution is -2.25. The van der Waals surface area contributed by atoms with Gasteiger partial charge >= 0.3 is 0 Å². The standard InChI is InChI=1S/C13H15N3S/c1-17-13(15-10-14)16-8-7-12(9-16)11-5-3-2-4-6-11/h2-6,12H,7-9H2,1H3. The highest BCUT2D eigenvalue weighted by molar-refractivity contribution is 8.13. The zero-order valence-electron chi connectivity index (χ0n) is 9.84. The van der Waals surface area contributed by atoms with E-state index in [1.54, 1.807) is 11.8 Å². The van der Waals surface area contributed by atoms with Crippen LogP contribution in [0, 0.1) is 11.5 Å². The molecule has 1 unspecified atom stereocenters. The molecule has 1 heterocycles. The number of rotatable bonds is 1. The van der Waals surface area contributed by atoms with E-state index < -0.39 is 0 Å². The van der Waals surface area contributed by atoms with Crippen molar-refractivity contribution < 1.29 is 0 Å². The molecule has 0 bridgehead atoms. The molecule has 1 aliphatic rings. The lowest BCUT2D eigenvalue weighted by molar-refractivity contribution is 0.521. The van der Waals surface area contributed by atoms with Gasteiger partial charge in [-0.05, 0) is 18.2 Å². The summed E-state index contributed by atoms with van der Waals surface area (Å²) in [5, 5.41) is 9.47. The van der Waals surface area contributed by atoms with Gasteiger partial charge in [-0.15, -0.1) is 4.99 Å². The molecule has 88 valence electrons. The molecule has 0 spiro atoms. The summed E-state index contributed by atoms with van der Waals surface area (Å²) in [7, 11) is 0. The van der Waals surface area contributed by atoms with Gasteiger partial charge in [0.15, 0.2) is 5.17 Å². The fourth-order valence-corrected chi connectivity index (χ4v) is 2.78. The Bertz CT molecular complexity index is 436. The normalized spacial score (nSPS) is 20.4. The fraction of sp³-hybridized carbons (Fsp3) is 0.385. The van der Waals surface area contributed by atoms with Crippen LogP contribution in [0.15, 0.2) is 35.3 Å². The van der Waals surface area contributed by atoms with Crippen molar-refractivity contribution in [2.75, 3.05) is 19.3 Å². The molecule has 3 nitrogen and oxygen atoms in total. The first-order chi connectivity index (χ1) is 8.35. The molecule has 4 heteroatoms. The smallest absolute Gasteiger partial charge is 0.208 e. The lowest BCUT2D eigenvalue weighted by atomic mass is 9.99. The van der Waals surface area contributed by atoms with Crippen molar-refractivity contribution in [1.29, 1.82) is 5.26 Å². The van der Waals surface area contributed by atoms with Crippen LogP contribution in [-0.2, 0) is 0 Å². The summed E-state index contributed by atoms with van der Waals surface area (Å²) in [4.78, 5) is 6.06. The molecule has 1 atom stereocenters. The summed E-state index contributed by atoms with van der Waals surface area (Å²) < 4.78 is 0. The second-order valence-electron chi connectivity index (χ2n) is 4.04. The average Bonchev–Trinajstić information content (AvgIpc) is 2.86. The number of thioether (sulfide) groups is 1.